The first-order valence-corrected chi connectivity index (χ1v) is 19.7. The molecule has 4 heterocycles. The van der Waals surface area contributed by atoms with Gasteiger partial charge in [0.25, 0.3) is 0 Å². The van der Waals surface area contributed by atoms with Gasteiger partial charge in [0, 0.05) is 43.4 Å². The van der Waals surface area contributed by atoms with Gasteiger partial charge >= 0.3 is 18.8 Å². The number of amides is 3. The number of alkyl carbamates (subject to hydrolysis) is 1. The molecule has 0 spiro atoms. The first kappa shape index (κ1) is 40.6. The van der Waals surface area contributed by atoms with E-state index in [1.165, 1.54) is 12.0 Å². The highest BCUT2D eigenvalue weighted by Crippen LogP contribution is 2.36. The molecule has 4 aromatic rings. The van der Waals surface area contributed by atoms with Crippen LogP contribution in [-0.4, -0.2) is 94.2 Å². The van der Waals surface area contributed by atoms with E-state index in [0.717, 1.165) is 63.0 Å². The minimum atomic E-state index is -2.98. The number of carbonyl (C=O) groups excluding carboxylic acids is 3. The fourth-order valence-electron chi connectivity index (χ4n) is 8.02. The lowest BCUT2D eigenvalue weighted by Crippen LogP contribution is -2.53. The first-order valence-electron chi connectivity index (χ1n) is 19.7. The maximum absolute atomic E-state index is 13.8. The number of ether oxygens (including phenoxy) is 3. The number of methoxy groups -OCH3 is 1. The molecule has 4 atom stereocenters. The van der Waals surface area contributed by atoms with Crippen LogP contribution in [0.15, 0.2) is 78.1 Å². The third-order valence-electron chi connectivity index (χ3n) is 10.9. The standard InChI is InChI=1S/C44H50F2N6O6/c1-25(2)38(50-42(54)56-6)40(53)52-24-33(57-41(45)46)21-37(52)34-20-32(22-47-34)27-11-9-26(10-12-27)28-13-14-30-19-31(16-15-29(30)18-28)35-23-48-39(49-35)36-8-7-17-51(36)43(55)58-44(3,4)5/h9-16,18-19,22-23,25,33,36-38,41H,7-8,17,20-21,24H2,1-6H3,(H,48,49)(H,50,54)/t33-,36-,37-,38-/m0/s1. The third kappa shape index (κ3) is 8.91. The number of nitrogens with one attached hydrogen (secondary N) is 2. The predicted molar refractivity (Wildman–Crippen MR) is 217 cm³/mol. The number of aromatic amines is 1. The predicted octanol–water partition coefficient (Wildman–Crippen LogP) is 8.74. The van der Waals surface area contributed by atoms with Crippen molar-refractivity contribution in [2.24, 2.45) is 10.9 Å². The Bertz CT molecular complexity index is 2230. The van der Waals surface area contributed by atoms with Gasteiger partial charge in [0.2, 0.25) is 5.91 Å². The number of aliphatic imine (C=N–C) groups is 1. The van der Waals surface area contributed by atoms with E-state index in [1.54, 1.807) is 24.9 Å². The Hall–Kier alpha value is -5.63. The summed E-state index contributed by atoms with van der Waals surface area (Å²) in [5, 5.41) is 4.75. The number of hydrogen-bond acceptors (Lipinski definition) is 8. The molecule has 2 fully saturated rings. The summed E-state index contributed by atoms with van der Waals surface area (Å²) in [6, 6.07) is 19.2. The average molecular weight is 797 g/mol. The number of aromatic nitrogens is 2. The van der Waals surface area contributed by atoms with E-state index in [9.17, 15) is 23.2 Å². The summed E-state index contributed by atoms with van der Waals surface area (Å²) in [6.45, 7) is 6.80. The second-order valence-corrected chi connectivity index (χ2v) is 16.4. The Labute approximate surface area is 336 Å². The molecule has 0 saturated carbocycles. The Morgan fingerprint density at radius 2 is 1.59 bits per heavy atom. The number of imidazole rings is 1. The lowest BCUT2D eigenvalue weighted by Gasteiger charge is -2.30. The van der Waals surface area contributed by atoms with Crippen LogP contribution in [0.4, 0.5) is 18.4 Å². The Balaban J connectivity index is 1.02. The summed E-state index contributed by atoms with van der Waals surface area (Å²) < 4.78 is 41.8. The molecule has 0 bridgehead atoms. The molecule has 0 unspecified atom stereocenters. The monoisotopic (exact) mass is 796 g/mol. The first-order chi connectivity index (χ1) is 27.7. The number of carbonyl (C=O) groups is 3. The van der Waals surface area contributed by atoms with E-state index in [2.05, 4.69) is 68.8 Å². The molecule has 58 heavy (non-hydrogen) atoms. The van der Waals surface area contributed by atoms with Crippen molar-refractivity contribution < 1.29 is 37.4 Å². The summed E-state index contributed by atoms with van der Waals surface area (Å²) in [6.07, 6.45) is 3.95. The van der Waals surface area contributed by atoms with Crippen molar-refractivity contribution >= 4 is 40.2 Å². The molecule has 3 aliphatic rings. The fourth-order valence-corrected chi connectivity index (χ4v) is 8.02. The molecule has 3 amide bonds. The lowest BCUT2D eigenvalue weighted by molar-refractivity contribution is -0.160. The minimum Gasteiger partial charge on any atom is -0.453 e. The number of alkyl halides is 2. The van der Waals surface area contributed by atoms with Gasteiger partial charge in [-0.2, -0.15) is 8.78 Å². The Morgan fingerprint density at radius 1 is 0.914 bits per heavy atom. The van der Waals surface area contributed by atoms with Crippen molar-refractivity contribution in [3.05, 3.63) is 84.4 Å². The smallest absolute Gasteiger partial charge is 0.410 e. The van der Waals surface area contributed by atoms with Crippen LogP contribution in [0.25, 0.3) is 38.7 Å². The number of benzene rings is 3. The molecular weight excluding hydrogens is 747 g/mol. The summed E-state index contributed by atoms with van der Waals surface area (Å²) in [5.41, 5.74) is 5.98. The van der Waals surface area contributed by atoms with Gasteiger partial charge in [-0.15, -0.1) is 0 Å². The van der Waals surface area contributed by atoms with Crippen LogP contribution < -0.4 is 5.32 Å². The molecule has 2 N–H and O–H groups in total. The molecule has 14 heteroatoms. The molecular formula is C44H50F2N6O6. The fraction of sp³-hybridized carbons (Fsp3) is 0.432. The topological polar surface area (TPSA) is 138 Å². The number of H-pyrrole nitrogens is 1. The highest BCUT2D eigenvalue weighted by Gasteiger charge is 2.43. The van der Waals surface area contributed by atoms with Gasteiger partial charge < -0.3 is 29.4 Å². The summed E-state index contributed by atoms with van der Waals surface area (Å²) in [4.78, 5) is 54.7. The van der Waals surface area contributed by atoms with Crippen LogP contribution in [0.2, 0.25) is 0 Å². The largest absolute Gasteiger partial charge is 0.453 e. The van der Waals surface area contributed by atoms with Gasteiger partial charge in [-0.3, -0.25) is 14.7 Å². The van der Waals surface area contributed by atoms with E-state index in [4.69, 9.17) is 14.2 Å². The van der Waals surface area contributed by atoms with Crippen molar-refractivity contribution in [1.82, 2.24) is 25.1 Å². The van der Waals surface area contributed by atoms with Crippen molar-refractivity contribution in [1.29, 1.82) is 0 Å². The van der Waals surface area contributed by atoms with Crippen LogP contribution >= 0.6 is 0 Å². The molecule has 1 aromatic heterocycles. The zero-order valence-electron chi connectivity index (χ0n) is 33.6. The molecule has 0 radical (unpaired) electrons. The summed E-state index contributed by atoms with van der Waals surface area (Å²) in [7, 11) is 1.21. The Kier molecular flexibility index (Phi) is 11.7. The molecule has 7 rings (SSSR count). The van der Waals surface area contributed by atoms with Crippen molar-refractivity contribution in [3.63, 3.8) is 0 Å². The highest BCUT2D eigenvalue weighted by atomic mass is 19.3. The average Bonchev–Trinajstić information content (AvgIpc) is 4.02. The highest BCUT2D eigenvalue weighted by molar-refractivity contribution is 6.04. The van der Waals surface area contributed by atoms with Crippen LogP contribution in [-0.2, 0) is 19.0 Å². The number of allylic oxidation sites excluding steroid dienone is 1. The zero-order valence-corrected chi connectivity index (χ0v) is 33.6. The van der Waals surface area contributed by atoms with Crippen molar-refractivity contribution in [2.45, 2.75) is 96.7 Å². The van der Waals surface area contributed by atoms with Gasteiger partial charge in [-0.05, 0) is 84.7 Å². The van der Waals surface area contributed by atoms with Gasteiger partial charge in [-0.1, -0.05) is 62.4 Å². The van der Waals surface area contributed by atoms with Crippen molar-refractivity contribution in [3.8, 4) is 22.4 Å². The van der Waals surface area contributed by atoms with E-state index in [0.29, 0.717) is 18.7 Å². The molecule has 306 valence electrons. The van der Waals surface area contributed by atoms with Crippen LogP contribution in [0.5, 0.6) is 0 Å². The van der Waals surface area contributed by atoms with Crippen LogP contribution in [0.1, 0.15) is 77.7 Å². The zero-order chi connectivity index (χ0) is 41.3. The lowest BCUT2D eigenvalue weighted by atomic mass is 9.95. The number of rotatable bonds is 10. The minimum absolute atomic E-state index is 0.0449. The van der Waals surface area contributed by atoms with Gasteiger partial charge in [0.15, 0.2) is 0 Å². The van der Waals surface area contributed by atoms with Gasteiger partial charge in [0.05, 0.1) is 37.2 Å². The molecule has 12 nitrogen and oxygen atoms in total. The maximum atomic E-state index is 13.8. The molecule has 3 aromatic carbocycles. The maximum Gasteiger partial charge on any atom is 0.410 e. The van der Waals surface area contributed by atoms with E-state index in [1.807, 2.05) is 39.1 Å². The van der Waals surface area contributed by atoms with E-state index >= 15 is 0 Å². The third-order valence-corrected chi connectivity index (χ3v) is 10.9. The van der Waals surface area contributed by atoms with Crippen LogP contribution in [0, 0.1) is 5.92 Å². The number of nitrogens with zero attached hydrogens (tertiary/aromatic N) is 4. The van der Waals surface area contributed by atoms with E-state index < -0.39 is 42.4 Å². The number of halogens is 2. The Morgan fingerprint density at radius 3 is 2.26 bits per heavy atom. The summed E-state index contributed by atoms with van der Waals surface area (Å²) >= 11 is 0. The SMILES string of the molecule is COC(=O)N[C@H](C(=O)N1C[C@@H](OC(F)F)C[C@H]1C1=NC=C(c2ccc(-c3ccc4cc(-c5cnc([C@@H]6CCCN6C(=O)OC(C)(C)C)[nH]5)ccc4c3)cc2)C1)C(C)C. The van der Waals surface area contributed by atoms with Gasteiger partial charge in [-0.25, -0.2) is 14.6 Å². The number of hydrogen-bond donors (Lipinski definition) is 2. The van der Waals surface area contributed by atoms with Gasteiger partial charge in [0.1, 0.15) is 17.5 Å². The van der Waals surface area contributed by atoms with Crippen LogP contribution in [0.3, 0.4) is 0 Å². The second kappa shape index (κ2) is 16.7. The number of likely N-dealkylation sites (tertiary alicyclic amines) is 2. The summed E-state index contributed by atoms with van der Waals surface area (Å²) in [5.74, 6) is 0.0707. The molecule has 3 aliphatic heterocycles. The quantitative estimate of drug-likeness (QED) is 0.164. The van der Waals surface area contributed by atoms with Crippen molar-refractivity contribution in [2.75, 3.05) is 20.2 Å². The second-order valence-electron chi connectivity index (χ2n) is 16.4. The normalized spacial score (nSPS) is 20.1. The molecule has 2 saturated heterocycles. The van der Waals surface area contributed by atoms with E-state index in [-0.39, 0.29) is 31.0 Å². The number of fused-ring (bicyclic) bond motifs is 1. The molecule has 0 aliphatic carbocycles.